The molecule has 10 nitrogen and oxygen atoms in total. The van der Waals surface area contributed by atoms with Crippen molar-refractivity contribution in [2.24, 2.45) is 0 Å². The molecule has 0 unspecified atom stereocenters. The molecule has 0 aromatic carbocycles. The summed E-state index contributed by atoms with van der Waals surface area (Å²) in [6, 6.07) is 2.05. The van der Waals surface area contributed by atoms with E-state index in [9.17, 15) is 9.59 Å². The molecule has 178 valence electrons. The second-order valence-corrected chi connectivity index (χ2v) is 9.34. The van der Waals surface area contributed by atoms with Crippen LogP contribution >= 0.6 is 11.3 Å². The van der Waals surface area contributed by atoms with Crippen LogP contribution in [-0.2, 0) is 29.0 Å². The normalized spacial score (nSPS) is 15.4. The van der Waals surface area contributed by atoms with Gasteiger partial charge >= 0.3 is 0 Å². The van der Waals surface area contributed by atoms with Crippen LogP contribution in [0.3, 0.4) is 0 Å². The lowest BCUT2D eigenvalue weighted by molar-refractivity contribution is -0.134. The highest BCUT2D eigenvalue weighted by molar-refractivity contribution is 7.17. The van der Waals surface area contributed by atoms with Gasteiger partial charge in [-0.3, -0.25) is 14.4 Å². The first-order valence-corrected chi connectivity index (χ1v) is 11.5. The first-order chi connectivity index (χ1) is 15.5. The minimum atomic E-state index is -0.833. The summed E-state index contributed by atoms with van der Waals surface area (Å²) < 4.78 is 0. The monoisotopic (exact) mass is 474 g/mol. The van der Waals surface area contributed by atoms with Crippen molar-refractivity contribution in [3.05, 3.63) is 27.8 Å². The predicted octanol–water partition coefficient (Wildman–Crippen LogP) is 1.87. The second kappa shape index (κ2) is 9.74. The number of hydrogen-bond acceptors (Lipinski definition) is 8. The van der Waals surface area contributed by atoms with Crippen molar-refractivity contribution in [2.45, 2.75) is 33.2 Å². The van der Waals surface area contributed by atoms with E-state index < -0.39 is 5.97 Å². The third kappa shape index (κ3) is 5.08. The van der Waals surface area contributed by atoms with Gasteiger partial charge < -0.3 is 24.7 Å². The van der Waals surface area contributed by atoms with Crippen molar-refractivity contribution in [3.8, 4) is 0 Å². The molecule has 0 saturated heterocycles. The molecule has 0 bridgehead atoms. The standard InChI is InChI=1S/C20H26N6O2S.C2H4O2/c1-6-12-9-15(22-20(21-12)23(2)3)26-8-7-13-14(10-26)29-19-17(13)18(28)24(4)11-16(27)25(19)5;1-2(3)4/h9H,6-8,10-11H2,1-5H3;1H3,(H,3,4). The molecule has 1 N–H and O–H groups in total. The van der Waals surface area contributed by atoms with E-state index in [-0.39, 0.29) is 18.4 Å². The molecular formula is C22H30N6O4S. The van der Waals surface area contributed by atoms with Gasteiger partial charge in [-0.1, -0.05) is 6.92 Å². The van der Waals surface area contributed by atoms with Crippen LogP contribution in [0.15, 0.2) is 6.07 Å². The highest BCUT2D eigenvalue weighted by Crippen LogP contribution is 2.41. The average molecular weight is 475 g/mol. The van der Waals surface area contributed by atoms with E-state index in [2.05, 4.69) is 16.8 Å². The molecule has 4 heterocycles. The van der Waals surface area contributed by atoms with Gasteiger partial charge in [0.1, 0.15) is 17.4 Å². The fraction of sp³-hybridized carbons (Fsp3) is 0.500. The van der Waals surface area contributed by atoms with Crippen molar-refractivity contribution in [2.75, 3.05) is 56.0 Å². The van der Waals surface area contributed by atoms with Gasteiger partial charge in [0.25, 0.3) is 11.9 Å². The number of anilines is 3. The number of aromatic nitrogens is 2. The third-order valence-corrected chi connectivity index (χ3v) is 6.78. The maximum atomic E-state index is 12.9. The second-order valence-electron chi connectivity index (χ2n) is 8.25. The number of carboxylic acids is 1. The Kier molecular flexibility index (Phi) is 7.21. The summed E-state index contributed by atoms with van der Waals surface area (Å²) in [5.41, 5.74) is 2.79. The molecule has 2 amide bonds. The summed E-state index contributed by atoms with van der Waals surface area (Å²) in [5.74, 6) is 0.653. The van der Waals surface area contributed by atoms with Crippen LogP contribution in [0.25, 0.3) is 0 Å². The molecule has 2 aliphatic heterocycles. The number of nitrogens with zero attached hydrogens (tertiary/aromatic N) is 6. The van der Waals surface area contributed by atoms with Crippen LogP contribution in [0.1, 0.15) is 40.3 Å². The molecule has 0 saturated carbocycles. The summed E-state index contributed by atoms with van der Waals surface area (Å²) in [7, 11) is 7.34. The van der Waals surface area contributed by atoms with Crippen LogP contribution in [0.2, 0.25) is 0 Å². The van der Waals surface area contributed by atoms with Gasteiger partial charge in [-0.25, -0.2) is 4.98 Å². The molecular weight excluding hydrogens is 444 g/mol. The number of aliphatic carboxylic acids is 1. The molecule has 0 radical (unpaired) electrons. The van der Waals surface area contributed by atoms with Crippen molar-refractivity contribution >= 4 is 45.9 Å². The summed E-state index contributed by atoms with van der Waals surface area (Å²) >= 11 is 1.55. The Labute approximate surface area is 197 Å². The maximum absolute atomic E-state index is 12.9. The van der Waals surface area contributed by atoms with Crippen molar-refractivity contribution in [1.29, 1.82) is 0 Å². The summed E-state index contributed by atoms with van der Waals surface area (Å²) in [4.78, 5) is 52.1. The molecule has 0 aliphatic carbocycles. The summed E-state index contributed by atoms with van der Waals surface area (Å²) in [6.45, 7) is 4.74. The zero-order chi connectivity index (χ0) is 24.4. The Balaban J connectivity index is 0.000000709. The molecule has 4 rings (SSSR count). The van der Waals surface area contributed by atoms with E-state index in [4.69, 9.17) is 14.9 Å². The van der Waals surface area contributed by atoms with Gasteiger partial charge in [-0.15, -0.1) is 11.3 Å². The lowest BCUT2D eigenvalue weighted by Gasteiger charge is -2.29. The number of aryl methyl sites for hydroxylation is 1. The number of amides is 2. The molecule has 2 aromatic heterocycles. The van der Waals surface area contributed by atoms with Crippen molar-refractivity contribution in [3.63, 3.8) is 0 Å². The highest BCUT2D eigenvalue weighted by atomic mass is 32.1. The Morgan fingerprint density at radius 3 is 2.48 bits per heavy atom. The lowest BCUT2D eigenvalue weighted by Crippen LogP contribution is -2.36. The molecule has 0 fully saturated rings. The van der Waals surface area contributed by atoms with Gasteiger partial charge in [-0.2, -0.15) is 4.98 Å². The van der Waals surface area contributed by atoms with E-state index in [1.54, 1.807) is 30.3 Å². The average Bonchev–Trinajstić information content (AvgIpc) is 3.12. The number of rotatable bonds is 3. The number of carbonyl (C=O) groups is 3. The highest BCUT2D eigenvalue weighted by Gasteiger charge is 2.35. The van der Waals surface area contributed by atoms with Gasteiger partial charge in [0, 0.05) is 58.3 Å². The first-order valence-electron chi connectivity index (χ1n) is 10.7. The Morgan fingerprint density at radius 1 is 1.21 bits per heavy atom. The Morgan fingerprint density at radius 2 is 1.88 bits per heavy atom. The quantitative estimate of drug-likeness (QED) is 0.718. The SMILES string of the molecule is CC(=O)O.CCc1cc(N2CCc3c(sc4c3C(=O)N(C)CC(=O)N4C)C2)nc(N(C)C)n1. The number of hydrogen-bond donors (Lipinski definition) is 1. The fourth-order valence-corrected chi connectivity index (χ4v) is 5.07. The molecule has 2 aromatic rings. The van der Waals surface area contributed by atoms with Crippen LogP contribution in [0.4, 0.5) is 16.8 Å². The Hall–Kier alpha value is -3.21. The number of fused-ring (bicyclic) bond motifs is 3. The van der Waals surface area contributed by atoms with E-state index >= 15 is 0 Å². The molecule has 0 atom stereocenters. The fourth-order valence-electron chi connectivity index (χ4n) is 3.74. The van der Waals surface area contributed by atoms with Crippen LogP contribution in [0, 0.1) is 0 Å². The largest absolute Gasteiger partial charge is 0.481 e. The predicted molar refractivity (Wildman–Crippen MR) is 128 cm³/mol. The van der Waals surface area contributed by atoms with Crippen LogP contribution in [0.5, 0.6) is 0 Å². The van der Waals surface area contributed by atoms with E-state index in [0.717, 1.165) is 53.3 Å². The van der Waals surface area contributed by atoms with E-state index in [1.807, 2.05) is 25.1 Å². The van der Waals surface area contributed by atoms with Gasteiger partial charge in [0.05, 0.1) is 12.1 Å². The van der Waals surface area contributed by atoms with Crippen LogP contribution in [-0.4, -0.2) is 79.0 Å². The number of carboxylic acid groups (broad SMARTS) is 1. The zero-order valence-electron chi connectivity index (χ0n) is 19.9. The Bertz CT molecular complexity index is 1080. The van der Waals surface area contributed by atoms with Gasteiger partial charge in [-0.05, 0) is 18.4 Å². The summed E-state index contributed by atoms with van der Waals surface area (Å²) in [6.07, 6.45) is 1.60. The number of thiophene rings is 1. The summed E-state index contributed by atoms with van der Waals surface area (Å²) in [5, 5.41) is 8.18. The first kappa shape index (κ1) is 24.4. The van der Waals surface area contributed by atoms with Crippen molar-refractivity contribution < 1.29 is 19.5 Å². The van der Waals surface area contributed by atoms with Gasteiger partial charge in [0.2, 0.25) is 11.9 Å². The topological polar surface area (TPSA) is 110 Å². The van der Waals surface area contributed by atoms with E-state index in [0.29, 0.717) is 18.1 Å². The number of carbonyl (C=O) groups excluding carboxylic acids is 2. The molecule has 33 heavy (non-hydrogen) atoms. The number of likely N-dealkylation sites (N-methyl/N-ethyl adjacent to an activating group) is 2. The van der Waals surface area contributed by atoms with E-state index in [1.165, 1.54) is 4.90 Å². The molecule has 2 aliphatic rings. The molecule has 0 spiro atoms. The lowest BCUT2D eigenvalue weighted by atomic mass is 10.0. The minimum Gasteiger partial charge on any atom is -0.481 e. The van der Waals surface area contributed by atoms with Crippen LogP contribution < -0.4 is 14.7 Å². The molecule has 11 heteroatoms. The maximum Gasteiger partial charge on any atom is 0.300 e. The van der Waals surface area contributed by atoms with Gasteiger partial charge in [0.15, 0.2) is 0 Å². The van der Waals surface area contributed by atoms with Crippen molar-refractivity contribution in [1.82, 2.24) is 14.9 Å². The third-order valence-electron chi connectivity index (χ3n) is 5.49. The minimum absolute atomic E-state index is 0.0611. The smallest absolute Gasteiger partial charge is 0.300 e. The zero-order valence-corrected chi connectivity index (χ0v) is 20.7.